The molecule has 0 aliphatic rings. The Bertz CT molecular complexity index is 514. The van der Waals surface area contributed by atoms with E-state index in [1.165, 1.54) is 11.8 Å². The number of ether oxygens (including phenoxy) is 1. The van der Waals surface area contributed by atoms with Crippen LogP contribution in [0.3, 0.4) is 0 Å². The van der Waals surface area contributed by atoms with Crippen LogP contribution in [0.4, 0.5) is 5.69 Å². The van der Waals surface area contributed by atoms with E-state index in [-0.39, 0.29) is 6.10 Å². The van der Waals surface area contributed by atoms with Crippen molar-refractivity contribution < 1.29 is 4.74 Å². The van der Waals surface area contributed by atoms with E-state index in [0.29, 0.717) is 5.69 Å². The molecule has 0 radical (unpaired) electrons. The Kier molecular flexibility index (Phi) is 4.10. The predicted molar refractivity (Wildman–Crippen MR) is 75.0 cm³/mol. The smallest absolute Gasteiger partial charge is 0.143 e. The quantitative estimate of drug-likeness (QED) is 0.853. The molecule has 2 rings (SSSR count). The van der Waals surface area contributed by atoms with Crippen molar-refractivity contribution in [2.24, 2.45) is 0 Å². The number of rotatable bonds is 4. The van der Waals surface area contributed by atoms with Crippen molar-refractivity contribution in [3.8, 4) is 5.75 Å². The molecule has 2 aromatic rings. The largest absolute Gasteiger partial charge is 0.489 e. The van der Waals surface area contributed by atoms with Crippen LogP contribution in [0.1, 0.15) is 13.8 Å². The van der Waals surface area contributed by atoms with Crippen molar-refractivity contribution in [1.82, 2.24) is 4.98 Å². The second kappa shape index (κ2) is 5.78. The van der Waals surface area contributed by atoms with Gasteiger partial charge in [0.1, 0.15) is 10.8 Å². The van der Waals surface area contributed by atoms with Gasteiger partial charge in [0.2, 0.25) is 0 Å². The van der Waals surface area contributed by atoms with Crippen LogP contribution >= 0.6 is 11.8 Å². The number of nitrogens with zero attached hydrogens (tertiary/aromatic N) is 1. The fourth-order valence-electron chi connectivity index (χ4n) is 1.49. The summed E-state index contributed by atoms with van der Waals surface area (Å²) in [6, 6.07) is 11.6. The highest BCUT2D eigenvalue weighted by Crippen LogP contribution is 2.36. The highest BCUT2D eigenvalue weighted by molar-refractivity contribution is 7.99. The second-order valence-corrected chi connectivity index (χ2v) is 5.17. The Morgan fingerprint density at radius 3 is 2.67 bits per heavy atom. The molecule has 0 bridgehead atoms. The van der Waals surface area contributed by atoms with Crippen molar-refractivity contribution in [1.29, 1.82) is 0 Å². The average Bonchev–Trinajstić information content (AvgIpc) is 2.35. The fraction of sp³-hybridized carbons (Fsp3) is 0.214. The Hall–Kier alpha value is -1.68. The number of nitrogens with two attached hydrogens (primary N) is 1. The maximum Gasteiger partial charge on any atom is 0.143 e. The van der Waals surface area contributed by atoms with Crippen LogP contribution in [0.25, 0.3) is 0 Å². The molecule has 0 aliphatic heterocycles. The lowest BCUT2D eigenvalue weighted by molar-refractivity contribution is 0.243. The van der Waals surface area contributed by atoms with Gasteiger partial charge in [0.25, 0.3) is 0 Å². The summed E-state index contributed by atoms with van der Waals surface area (Å²) in [6.07, 6.45) is 1.88. The predicted octanol–water partition coefficient (Wildman–Crippen LogP) is 3.60. The monoisotopic (exact) mass is 260 g/mol. The lowest BCUT2D eigenvalue weighted by Crippen LogP contribution is -2.07. The third-order valence-corrected chi connectivity index (χ3v) is 3.27. The molecule has 0 fully saturated rings. The summed E-state index contributed by atoms with van der Waals surface area (Å²) in [6.45, 7) is 3.97. The molecule has 0 saturated heterocycles. The zero-order valence-corrected chi connectivity index (χ0v) is 11.3. The summed E-state index contributed by atoms with van der Waals surface area (Å²) in [5.74, 6) is 0.728. The van der Waals surface area contributed by atoms with E-state index < -0.39 is 0 Å². The Labute approximate surface area is 111 Å². The van der Waals surface area contributed by atoms with Crippen LogP contribution in [-0.2, 0) is 0 Å². The third kappa shape index (κ3) is 3.17. The summed E-state index contributed by atoms with van der Waals surface area (Å²) in [5, 5.41) is 0.922. The van der Waals surface area contributed by atoms with Crippen molar-refractivity contribution in [2.45, 2.75) is 29.9 Å². The molecule has 2 N–H and O–H groups in total. The van der Waals surface area contributed by atoms with Gasteiger partial charge in [-0.15, -0.1) is 0 Å². The van der Waals surface area contributed by atoms with E-state index in [1.54, 1.807) is 6.20 Å². The topological polar surface area (TPSA) is 48.1 Å². The zero-order chi connectivity index (χ0) is 13.0. The molecule has 0 aliphatic carbocycles. The van der Waals surface area contributed by atoms with Crippen molar-refractivity contribution in [3.05, 3.63) is 42.6 Å². The van der Waals surface area contributed by atoms with Gasteiger partial charge in [0.05, 0.1) is 11.8 Å². The molecule has 18 heavy (non-hydrogen) atoms. The SMILES string of the molecule is CC(C)Oc1cccc(Sc2ccccn2)c1N. The summed E-state index contributed by atoms with van der Waals surface area (Å²) in [4.78, 5) is 5.24. The number of pyridine rings is 1. The van der Waals surface area contributed by atoms with Crippen LogP contribution < -0.4 is 10.5 Å². The minimum Gasteiger partial charge on any atom is -0.489 e. The number of para-hydroxylation sites is 1. The molecule has 4 heteroatoms. The van der Waals surface area contributed by atoms with E-state index in [9.17, 15) is 0 Å². The number of hydrogen-bond acceptors (Lipinski definition) is 4. The van der Waals surface area contributed by atoms with Crippen LogP contribution in [0.15, 0.2) is 52.5 Å². The van der Waals surface area contributed by atoms with Gasteiger partial charge in [-0.2, -0.15) is 0 Å². The van der Waals surface area contributed by atoms with E-state index in [0.717, 1.165) is 15.7 Å². The van der Waals surface area contributed by atoms with Gasteiger partial charge in [0, 0.05) is 11.1 Å². The molecule has 94 valence electrons. The minimum atomic E-state index is 0.113. The summed E-state index contributed by atoms with van der Waals surface area (Å²) in [7, 11) is 0. The second-order valence-electron chi connectivity index (χ2n) is 4.10. The van der Waals surface area contributed by atoms with Gasteiger partial charge < -0.3 is 10.5 Å². The van der Waals surface area contributed by atoms with Crippen LogP contribution in [0, 0.1) is 0 Å². The number of hydrogen-bond donors (Lipinski definition) is 1. The first kappa shape index (κ1) is 12.8. The Morgan fingerprint density at radius 2 is 2.00 bits per heavy atom. The molecule has 3 nitrogen and oxygen atoms in total. The number of nitrogen functional groups attached to an aromatic ring is 1. The lowest BCUT2D eigenvalue weighted by Gasteiger charge is -2.14. The average molecular weight is 260 g/mol. The number of benzene rings is 1. The van der Waals surface area contributed by atoms with Gasteiger partial charge in [-0.3, -0.25) is 0 Å². The van der Waals surface area contributed by atoms with Crippen LogP contribution in [-0.4, -0.2) is 11.1 Å². The molecule has 1 heterocycles. The highest BCUT2D eigenvalue weighted by Gasteiger charge is 2.09. The van der Waals surface area contributed by atoms with Gasteiger partial charge in [-0.05, 0) is 38.1 Å². The maximum atomic E-state index is 6.11. The van der Waals surface area contributed by atoms with Gasteiger partial charge >= 0.3 is 0 Å². The summed E-state index contributed by atoms with van der Waals surface area (Å²) < 4.78 is 5.66. The third-order valence-electron chi connectivity index (χ3n) is 2.24. The first-order valence-corrected chi connectivity index (χ1v) is 6.62. The van der Waals surface area contributed by atoms with E-state index in [1.807, 2.05) is 50.2 Å². The molecule has 0 atom stereocenters. The Balaban J connectivity index is 2.23. The summed E-state index contributed by atoms with van der Waals surface area (Å²) >= 11 is 1.54. The van der Waals surface area contributed by atoms with Gasteiger partial charge in [0.15, 0.2) is 0 Å². The molecule has 0 amide bonds. The normalized spacial score (nSPS) is 10.6. The fourth-order valence-corrected chi connectivity index (χ4v) is 2.33. The van der Waals surface area contributed by atoms with Crippen molar-refractivity contribution in [2.75, 3.05) is 5.73 Å². The van der Waals surface area contributed by atoms with E-state index >= 15 is 0 Å². The summed E-state index contributed by atoms with van der Waals surface area (Å²) in [5.41, 5.74) is 6.77. The molecular formula is C14H16N2OS. The molecule has 0 saturated carbocycles. The molecule has 0 unspecified atom stereocenters. The van der Waals surface area contributed by atoms with Crippen LogP contribution in [0.2, 0.25) is 0 Å². The Morgan fingerprint density at radius 1 is 1.17 bits per heavy atom. The molecule has 0 spiro atoms. The zero-order valence-electron chi connectivity index (χ0n) is 10.5. The van der Waals surface area contributed by atoms with E-state index in [4.69, 9.17) is 10.5 Å². The first-order chi connectivity index (χ1) is 8.66. The standard InChI is InChI=1S/C14H16N2OS/c1-10(2)17-11-6-5-7-12(14(11)15)18-13-8-3-4-9-16-13/h3-10H,15H2,1-2H3. The molecular weight excluding hydrogens is 244 g/mol. The van der Waals surface area contributed by atoms with Crippen molar-refractivity contribution in [3.63, 3.8) is 0 Å². The minimum absolute atomic E-state index is 0.113. The maximum absolute atomic E-state index is 6.11. The molecule has 1 aromatic carbocycles. The number of aromatic nitrogens is 1. The van der Waals surface area contributed by atoms with Crippen molar-refractivity contribution >= 4 is 17.4 Å². The van der Waals surface area contributed by atoms with Crippen LogP contribution in [0.5, 0.6) is 5.75 Å². The lowest BCUT2D eigenvalue weighted by atomic mass is 10.3. The van der Waals surface area contributed by atoms with E-state index in [2.05, 4.69) is 4.98 Å². The highest BCUT2D eigenvalue weighted by atomic mass is 32.2. The first-order valence-electron chi connectivity index (χ1n) is 5.81. The van der Waals surface area contributed by atoms with Gasteiger partial charge in [-0.25, -0.2) is 4.98 Å². The van der Waals surface area contributed by atoms with Gasteiger partial charge in [-0.1, -0.05) is 23.9 Å². The number of anilines is 1. The molecule has 1 aromatic heterocycles.